The van der Waals surface area contributed by atoms with E-state index in [0.717, 1.165) is 48.4 Å². The third-order valence-electron chi connectivity index (χ3n) is 5.35. The molecule has 29 heavy (non-hydrogen) atoms. The molecular formula is C23H26N2O4. The van der Waals surface area contributed by atoms with E-state index >= 15 is 0 Å². The van der Waals surface area contributed by atoms with Gasteiger partial charge in [0.1, 0.15) is 0 Å². The van der Waals surface area contributed by atoms with Crippen molar-refractivity contribution in [1.82, 2.24) is 10.2 Å². The van der Waals surface area contributed by atoms with Crippen LogP contribution in [0.2, 0.25) is 0 Å². The molecular weight excluding hydrogens is 368 g/mol. The Labute approximate surface area is 170 Å². The lowest BCUT2D eigenvalue weighted by molar-refractivity contribution is -0.130. The molecule has 6 nitrogen and oxygen atoms in total. The van der Waals surface area contributed by atoms with Crippen LogP contribution < -0.4 is 14.8 Å². The van der Waals surface area contributed by atoms with Crippen molar-refractivity contribution in [3.63, 3.8) is 0 Å². The van der Waals surface area contributed by atoms with Gasteiger partial charge in [-0.05, 0) is 42.6 Å². The highest BCUT2D eigenvalue weighted by atomic mass is 16.5. The molecule has 1 saturated heterocycles. The quantitative estimate of drug-likeness (QED) is 0.845. The minimum atomic E-state index is -0.271. The Morgan fingerprint density at radius 3 is 2.59 bits per heavy atom. The molecule has 0 aliphatic carbocycles. The maximum atomic E-state index is 12.4. The van der Waals surface area contributed by atoms with Crippen LogP contribution in [0.5, 0.6) is 11.5 Å². The number of fused-ring (bicyclic) bond motifs is 1. The molecule has 0 saturated carbocycles. The number of carbonyl (C=O) groups excluding carboxylic acids is 2. The molecule has 1 atom stereocenters. The molecule has 1 N–H and O–H groups in total. The summed E-state index contributed by atoms with van der Waals surface area (Å²) in [4.78, 5) is 26.7. The van der Waals surface area contributed by atoms with Crippen molar-refractivity contribution in [3.05, 3.63) is 59.7 Å². The average molecular weight is 394 g/mol. The molecule has 0 bridgehead atoms. The molecule has 2 aliphatic heterocycles. The number of benzene rings is 2. The summed E-state index contributed by atoms with van der Waals surface area (Å²) in [5, 5.41) is 2.52. The number of hydrogen-bond donors (Lipinski definition) is 1. The van der Waals surface area contributed by atoms with E-state index < -0.39 is 0 Å². The van der Waals surface area contributed by atoms with Gasteiger partial charge in [0.2, 0.25) is 11.8 Å². The van der Waals surface area contributed by atoms with Gasteiger partial charge in [0, 0.05) is 12.5 Å². The first-order chi connectivity index (χ1) is 14.2. The summed E-state index contributed by atoms with van der Waals surface area (Å²) in [5.41, 5.74) is 2.01. The second kappa shape index (κ2) is 9.09. The molecule has 1 unspecified atom stereocenters. The zero-order valence-corrected chi connectivity index (χ0v) is 16.4. The molecule has 152 valence electrons. The number of imide groups is 1. The van der Waals surface area contributed by atoms with Crippen LogP contribution in [-0.4, -0.2) is 43.0 Å². The Balaban J connectivity index is 1.36. The lowest BCUT2D eigenvalue weighted by Gasteiger charge is -2.24. The topological polar surface area (TPSA) is 67.9 Å². The summed E-state index contributed by atoms with van der Waals surface area (Å²) >= 11 is 0. The van der Waals surface area contributed by atoms with Crippen molar-refractivity contribution in [2.45, 2.75) is 31.7 Å². The average Bonchev–Trinajstić information content (AvgIpc) is 3.03. The van der Waals surface area contributed by atoms with Crippen LogP contribution in [-0.2, 0) is 16.0 Å². The zero-order chi connectivity index (χ0) is 20.1. The SMILES string of the molecule is O=C(Cc1ccccc1)NC(=O)CN1CCCC1c1ccc2c(c1)OCCCO2. The molecule has 2 aromatic rings. The molecule has 0 aromatic heterocycles. The Morgan fingerprint density at radius 2 is 1.76 bits per heavy atom. The van der Waals surface area contributed by atoms with E-state index in [1.807, 2.05) is 42.5 Å². The fraction of sp³-hybridized carbons (Fsp3) is 0.391. The van der Waals surface area contributed by atoms with Crippen molar-refractivity contribution in [1.29, 1.82) is 0 Å². The number of likely N-dealkylation sites (tertiary alicyclic amines) is 1. The highest BCUT2D eigenvalue weighted by molar-refractivity contribution is 5.96. The first-order valence-electron chi connectivity index (χ1n) is 10.2. The summed E-state index contributed by atoms with van der Waals surface area (Å²) < 4.78 is 11.5. The summed E-state index contributed by atoms with van der Waals surface area (Å²) in [5.74, 6) is 1.02. The number of amides is 2. The lowest BCUT2D eigenvalue weighted by Crippen LogP contribution is -2.40. The molecule has 2 heterocycles. The summed E-state index contributed by atoms with van der Waals surface area (Å²) in [6.45, 7) is 2.36. The Kier molecular flexibility index (Phi) is 6.10. The Hall–Kier alpha value is -2.86. The van der Waals surface area contributed by atoms with Gasteiger partial charge in [0.25, 0.3) is 0 Å². The zero-order valence-electron chi connectivity index (χ0n) is 16.4. The summed E-state index contributed by atoms with van der Waals surface area (Å²) in [6, 6.07) is 15.6. The van der Waals surface area contributed by atoms with Crippen LogP contribution in [0.15, 0.2) is 48.5 Å². The van der Waals surface area contributed by atoms with Crippen LogP contribution in [0, 0.1) is 0 Å². The van der Waals surface area contributed by atoms with E-state index in [1.165, 1.54) is 0 Å². The van der Waals surface area contributed by atoms with Crippen LogP contribution in [0.4, 0.5) is 0 Å². The van der Waals surface area contributed by atoms with E-state index in [-0.39, 0.29) is 30.8 Å². The molecule has 0 spiro atoms. The van der Waals surface area contributed by atoms with Gasteiger partial charge in [-0.1, -0.05) is 36.4 Å². The molecule has 1 fully saturated rings. The van der Waals surface area contributed by atoms with Crippen molar-refractivity contribution in [3.8, 4) is 11.5 Å². The van der Waals surface area contributed by atoms with Crippen LogP contribution in [0.25, 0.3) is 0 Å². The van der Waals surface area contributed by atoms with Gasteiger partial charge in [-0.2, -0.15) is 0 Å². The maximum absolute atomic E-state index is 12.4. The predicted molar refractivity (Wildman–Crippen MR) is 109 cm³/mol. The number of nitrogens with one attached hydrogen (secondary N) is 1. The smallest absolute Gasteiger partial charge is 0.240 e. The summed E-state index contributed by atoms with van der Waals surface area (Å²) in [7, 11) is 0. The van der Waals surface area contributed by atoms with E-state index in [2.05, 4.69) is 16.3 Å². The third kappa shape index (κ3) is 4.95. The highest BCUT2D eigenvalue weighted by Gasteiger charge is 2.29. The molecule has 4 rings (SSSR count). The molecule has 2 aliphatic rings. The van der Waals surface area contributed by atoms with Crippen LogP contribution in [0.3, 0.4) is 0 Å². The van der Waals surface area contributed by atoms with Gasteiger partial charge in [-0.3, -0.25) is 19.8 Å². The van der Waals surface area contributed by atoms with E-state index in [0.29, 0.717) is 13.2 Å². The second-order valence-corrected chi connectivity index (χ2v) is 7.52. The first kappa shape index (κ1) is 19.5. The third-order valence-corrected chi connectivity index (χ3v) is 5.35. The van der Waals surface area contributed by atoms with E-state index in [9.17, 15) is 9.59 Å². The van der Waals surface area contributed by atoms with Gasteiger partial charge >= 0.3 is 0 Å². The minimum absolute atomic E-state index is 0.141. The summed E-state index contributed by atoms with van der Waals surface area (Å²) in [6.07, 6.45) is 3.07. The number of hydrogen-bond acceptors (Lipinski definition) is 5. The molecule has 2 aromatic carbocycles. The van der Waals surface area contributed by atoms with Crippen LogP contribution in [0.1, 0.15) is 36.4 Å². The number of carbonyl (C=O) groups is 2. The monoisotopic (exact) mass is 394 g/mol. The van der Waals surface area contributed by atoms with Crippen molar-refractivity contribution >= 4 is 11.8 Å². The van der Waals surface area contributed by atoms with Gasteiger partial charge < -0.3 is 9.47 Å². The Bertz CT molecular complexity index is 868. The molecule has 6 heteroatoms. The van der Waals surface area contributed by atoms with Gasteiger partial charge in [0.15, 0.2) is 11.5 Å². The maximum Gasteiger partial charge on any atom is 0.240 e. The minimum Gasteiger partial charge on any atom is -0.490 e. The first-order valence-corrected chi connectivity index (χ1v) is 10.2. The highest BCUT2D eigenvalue weighted by Crippen LogP contribution is 2.37. The van der Waals surface area contributed by atoms with Crippen molar-refractivity contribution < 1.29 is 19.1 Å². The van der Waals surface area contributed by atoms with Crippen molar-refractivity contribution in [2.24, 2.45) is 0 Å². The van der Waals surface area contributed by atoms with E-state index in [4.69, 9.17) is 9.47 Å². The fourth-order valence-electron chi connectivity index (χ4n) is 3.98. The lowest BCUT2D eigenvalue weighted by atomic mass is 10.0. The van der Waals surface area contributed by atoms with Crippen LogP contribution >= 0.6 is 0 Å². The largest absolute Gasteiger partial charge is 0.490 e. The second-order valence-electron chi connectivity index (χ2n) is 7.52. The number of ether oxygens (including phenoxy) is 2. The fourth-order valence-corrected chi connectivity index (χ4v) is 3.98. The number of nitrogens with zero attached hydrogens (tertiary/aromatic N) is 1. The van der Waals surface area contributed by atoms with Gasteiger partial charge in [-0.25, -0.2) is 0 Å². The van der Waals surface area contributed by atoms with E-state index in [1.54, 1.807) is 0 Å². The van der Waals surface area contributed by atoms with Crippen molar-refractivity contribution in [2.75, 3.05) is 26.3 Å². The Morgan fingerprint density at radius 1 is 0.966 bits per heavy atom. The predicted octanol–water partition coefficient (Wildman–Crippen LogP) is 2.87. The molecule has 2 amide bonds. The van der Waals surface area contributed by atoms with Gasteiger partial charge in [0.05, 0.1) is 26.2 Å². The molecule has 0 radical (unpaired) electrons. The standard InChI is InChI=1S/C23H26N2O4/c26-22(14-17-6-2-1-3-7-17)24-23(27)16-25-11-4-8-19(25)18-9-10-20-21(15-18)29-13-5-12-28-20/h1-3,6-7,9-10,15,19H,4-5,8,11-14,16H2,(H,24,26,27). The normalized spacial score (nSPS) is 18.8. The number of rotatable bonds is 5. The van der Waals surface area contributed by atoms with Gasteiger partial charge in [-0.15, -0.1) is 0 Å².